The van der Waals surface area contributed by atoms with E-state index in [1.54, 1.807) is 31.2 Å². The lowest BCUT2D eigenvalue weighted by molar-refractivity contribution is -0.131. The fraction of sp³-hybridized carbons (Fsp3) is 0.476. The van der Waals surface area contributed by atoms with Gasteiger partial charge in [0.25, 0.3) is 5.91 Å². The van der Waals surface area contributed by atoms with Crippen molar-refractivity contribution in [3.8, 4) is 0 Å². The van der Waals surface area contributed by atoms with E-state index in [0.717, 1.165) is 5.56 Å². The quantitative estimate of drug-likeness (QED) is 0.121. The van der Waals surface area contributed by atoms with Crippen LogP contribution in [0.1, 0.15) is 32.3 Å². The topological polar surface area (TPSA) is 181 Å². The predicted molar refractivity (Wildman–Crippen MR) is 119 cm³/mol. The van der Waals surface area contributed by atoms with Gasteiger partial charge in [0.2, 0.25) is 17.7 Å². The van der Waals surface area contributed by atoms with Gasteiger partial charge in [0.15, 0.2) is 0 Å². The second-order valence-corrected chi connectivity index (χ2v) is 7.02. The first-order valence-corrected chi connectivity index (χ1v) is 10.6. The first-order chi connectivity index (χ1) is 15.8. The van der Waals surface area contributed by atoms with Crippen molar-refractivity contribution in [2.75, 3.05) is 19.7 Å². The second kappa shape index (κ2) is 15.2. The van der Waals surface area contributed by atoms with E-state index in [1.807, 2.05) is 18.4 Å². The molecule has 0 saturated heterocycles. The van der Waals surface area contributed by atoms with Gasteiger partial charge in [-0.05, 0) is 18.9 Å². The molecule has 33 heavy (non-hydrogen) atoms. The number of nitrogens with one attached hydrogen (secondary N) is 5. The van der Waals surface area contributed by atoms with E-state index in [9.17, 15) is 24.0 Å². The van der Waals surface area contributed by atoms with Crippen LogP contribution in [-0.2, 0) is 30.3 Å². The van der Waals surface area contributed by atoms with Gasteiger partial charge in [-0.2, -0.15) is 0 Å². The maximum atomic E-state index is 12.7. The number of ether oxygens (including phenoxy) is 1. The van der Waals surface area contributed by atoms with Crippen molar-refractivity contribution >= 4 is 29.7 Å². The number of benzene rings is 1. The van der Waals surface area contributed by atoms with Gasteiger partial charge < -0.3 is 26.0 Å². The number of hydrogen-bond donors (Lipinski definition) is 6. The summed E-state index contributed by atoms with van der Waals surface area (Å²) in [6, 6.07) is 7.19. The monoisotopic (exact) mass is 464 g/mol. The number of rotatable bonds is 13. The summed E-state index contributed by atoms with van der Waals surface area (Å²) < 4.78 is 4.85. The Kier molecular flexibility index (Phi) is 12.6. The van der Waals surface area contributed by atoms with Crippen molar-refractivity contribution in [1.29, 1.82) is 0 Å². The van der Waals surface area contributed by atoms with Crippen molar-refractivity contribution in [3.05, 3.63) is 35.9 Å². The van der Waals surface area contributed by atoms with Crippen molar-refractivity contribution in [3.63, 3.8) is 0 Å². The SMILES string of the molecule is CCC[C@H](NC(=O)CNC(=O)[C@H](Cc1ccccc1)NC(=O)OCC)C(=O)NCC(=O)NN. The molecule has 5 amide bonds. The Morgan fingerprint density at radius 2 is 1.48 bits per heavy atom. The number of carbonyl (C=O) groups is 5. The number of amides is 5. The summed E-state index contributed by atoms with van der Waals surface area (Å²) in [5.74, 6) is 2.64. The predicted octanol–water partition coefficient (Wildman–Crippen LogP) is -1.15. The summed E-state index contributed by atoms with van der Waals surface area (Å²) in [4.78, 5) is 60.2. The van der Waals surface area contributed by atoms with Gasteiger partial charge in [-0.25, -0.2) is 10.6 Å². The van der Waals surface area contributed by atoms with Crippen LogP contribution in [-0.4, -0.2) is 61.5 Å². The molecular formula is C21H32N6O6. The molecule has 0 saturated carbocycles. The molecule has 12 heteroatoms. The molecule has 0 aliphatic heterocycles. The fourth-order valence-corrected chi connectivity index (χ4v) is 2.81. The zero-order chi connectivity index (χ0) is 24.6. The van der Waals surface area contributed by atoms with E-state index in [1.165, 1.54) is 0 Å². The van der Waals surface area contributed by atoms with Crippen LogP contribution >= 0.6 is 0 Å². The van der Waals surface area contributed by atoms with E-state index >= 15 is 0 Å². The number of carbonyl (C=O) groups excluding carboxylic acids is 5. The van der Waals surface area contributed by atoms with Gasteiger partial charge >= 0.3 is 6.09 Å². The molecular weight excluding hydrogens is 432 g/mol. The van der Waals surface area contributed by atoms with E-state index in [0.29, 0.717) is 12.8 Å². The van der Waals surface area contributed by atoms with Crippen LogP contribution in [0.3, 0.4) is 0 Å². The summed E-state index contributed by atoms with van der Waals surface area (Å²) >= 11 is 0. The molecule has 0 radical (unpaired) electrons. The maximum Gasteiger partial charge on any atom is 0.407 e. The van der Waals surface area contributed by atoms with Crippen LogP contribution in [0.2, 0.25) is 0 Å². The number of alkyl carbamates (subject to hydrolysis) is 1. The fourth-order valence-electron chi connectivity index (χ4n) is 2.81. The van der Waals surface area contributed by atoms with Gasteiger partial charge in [0.05, 0.1) is 19.7 Å². The Morgan fingerprint density at radius 1 is 0.879 bits per heavy atom. The molecule has 0 aliphatic carbocycles. The molecule has 0 heterocycles. The Balaban J connectivity index is 2.68. The average Bonchev–Trinajstić information content (AvgIpc) is 2.80. The minimum Gasteiger partial charge on any atom is -0.450 e. The van der Waals surface area contributed by atoms with Crippen LogP contribution in [0.15, 0.2) is 30.3 Å². The molecule has 12 nitrogen and oxygen atoms in total. The molecule has 0 bridgehead atoms. The summed E-state index contributed by atoms with van der Waals surface area (Å²) in [5.41, 5.74) is 2.69. The van der Waals surface area contributed by atoms with E-state index in [4.69, 9.17) is 10.6 Å². The Morgan fingerprint density at radius 3 is 2.06 bits per heavy atom. The molecule has 1 rings (SSSR count). The Bertz CT molecular complexity index is 804. The minimum atomic E-state index is -0.969. The summed E-state index contributed by atoms with van der Waals surface area (Å²) in [6.45, 7) is 2.87. The van der Waals surface area contributed by atoms with Crippen molar-refractivity contribution in [1.82, 2.24) is 26.7 Å². The van der Waals surface area contributed by atoms with Crippen molar-refractivity contribution < 1.29 is 28.7 Å². The van der Waals surface area contributed by atoms with Crippen LogP contribution in [0.5, 0.6) is 0 Å². The molecule has 1 aromatic carbocycles. The minimum absolute atomic E-state index is 0.141. The zero-order valence-electron chi connectivity index (χ0n) is 18.8. The molecule has 0 aromatic heterocycles. The molecule has 7 N–H and O–H groups in total. The molecule has 1 aromatic rings. The third-order valence-corrected chi connectivity index (χ3v) is 4.40. The smallest absolute Gasteiger partial charge is 0.407 e. The highest BCUT2D eigenvalue weighted by atomic mass is 16.5. The zero-order valence-corrected chi connectivity index (χ0v) is 18.8. The lowest BCUT2D eigenvalue weighted by Gasteiger charge is -2.20. The molecule has 0 fully saturated rings. The lowest BCUT2D eigenvalue weighted by Crippen LogP contribution is -2.53. The number of nitrogens with two attached hydrogens (primary N) is 1. The molecule has 0 aliphatic rings. The molecule has 2 atom stereocenters. The maximum absolute atomic E-state index is 12.7. The standard InChI is InChI=1S/C21H32N6O6/c1-3-8-15(19(30)24-13-18(29)27-22)25-17(28)12-23-20(31)16(26-21(32)33-4-2)11-14-9-6-5-7-10-14/h5-7,9-10,15-16H,3-4,8,11-13,22H2,1-2H3,(H,23,31)(H,24,30)(H,25,28)(H,26,32)(H,27,29)/t15-,16-/m0/s1. The highest BCUT2D eigenvalue weighted by molar-refractivity contribution is 5.93. The highest BCUT2D eigenvalue weighted by Gasteiger charge is 2.24. The van der Waals surface area contributed by atoms with E-state index in [2.05, 4.69) is 21.3 Å². The third-order valence-electron chi connectivity index (χ3n) is 4.40. The Labute approximate surface area is 192 Å². The number of hydrogen-bond acceptors (Lipinski definition) is 7. The van der Waals surface area contributed by atoms with E-state index in [-0.39, 0.29) is 19.6 Å². The van der Waals surface area contributed by atoms with Gasteiger partial charge in [-0.15, -0.1) is 0 Å². The first-order valence-electron chi connectivity index (χ1n) is 10.6. The highest BCUT2D eigenvalue weighted by Crippen LogP contribution is 2.04. The first kappa shape index (κ1) is 27.4. The van der Waals surface area contributed by atoms with Crippen LogP contribution in [0.25, 0.3) is 0 Å². The van der Waals surface area contributed by atoms with Gasteiger partial charge in [0, 0.05) is 6.42 Å². The largest absolute Gasteiger partial charge is 0.450 e. The van der Waals surface area contributed by atoms with Gasteiger partial charge in [-0.1, -0.05) is 43.7 Å². The second-order valence-electron chi connectivity index (χ2n) is 7.02. The molecule has 182 valence electrons. The van der Waals surface area contributed by atoms with Crippen molar-refractivity contribution in [2.24, 2.45) is 5.84 Å². The Hall–Kier alpha value is -3.67. The van der Waals surface area contributed by atoms with Gasteiger partial charge in [0.1, 0.15) is 12.1 Å². The lowest BCUT2D eigenvalue weighted by atomic mass is 10.1. The normalized spacial score (nSPS) is 12.0. The van der Waals surface area contributed by atoms with Crippen LogP contribution in [0, 0.1) is 0 Å². The number of hydrazine groups is 1. The molecule has 0 unspecified atom stereocenters. The van der Waals surface area contributed by atoms with Crippen LogP contribution in [0.4, 0.5) is 4.79 Å². The van der Waals surface area contributed by atoms with Gasteiger partial charge in [-0.3, -0.25) is 24.6 Å². The molecule has 0 spiro atoms. The average molecular weight is 465 g/mol. The van der Waals surface area contributed by atoms with Crippen molar-refractivity contribution in [2.45, 2.75) is 45.2 Å². The third kappa shape index (κ3) is 11.0. The van der Waals surface area contributed by atoms with Crippen LogP contribution < -0.4 is 32.5 Å². The van der Waals surface area contributed by atoms with E-state index < -0.39 is 48.4 Å². The summed E-state index contributed by atoms with van der Waals surface area (Å²) in [5, 5.41) is 9.84. The summed E-state index contributed by atoms with van der Waals surface area (Å²) in [7, 11) is 0. The summed E-state index contributed by atoms with van der Waals surface area (Å²) in [6.07, 6.45) is 0.365.